The maximum Gasteiger partial charge on any atom is 0.119 e. The van der Waals surface area contributed by atoms with Gasteiger partial charge in [-0.3, -0.25) is 0 Å². The van der Waals surface area contributed by atoms with E-state index in [1.54, 1.807) is 0 Å². The second-order valence-electron chi connectivity index (χ2n) is 4.97. The lowest BCUT2D eigenvalue weighted by molar-refractivity contribution is 0.332. The van der Waals surface area contributed by atoms with E-state index in [1.807, 2.05) is 0 Å². The molecule has 0 saturated carbocycles. The number of rotatable bonds is 5. The van der Waals surface area contributed by atoms with E-state index in [2.05, 4.69) is 68.6 Å². The number of anilines is 1. The van der Waals surface area contributed by atoms with Crippen molar-refractivity contribution in [3.8, 4) is 5.75 Å². The van der Waals surface area contributed by atoms with E-state index in [4.69, 9.17) is 4.74 Å². The van der Waals surface area contributed by atoms with E-state index in [9.17, 15) is 0 Å². The molecule has 2 rings (SSSR count). The van der Waals surface area contributed by atoms with Gasteiger partial charge in [0.15, 0.2) is 0 Å². The van der Waals surface area contributed by atoms with Crippen LogP contribution in [-0.4, -0.2) is 13.2 Å². The largest absolute Gasteiger partial charge is 0.492 e. The van der Waals surface area contributed by atoms with Gasteiger partial charge in [0.05, 0.1) is 0 Å². The minimum Gasteiger partial charge on any atom is -0.492 e. The molecule has 2 aromatic rings. The zero-order chi connectivity index (χ0) is 13.7. The third kappa shape index (κ3) is 4.32. The van der Waals surface area contributed by atoms with Crippen molar-refractivity contribution < 1.29 is 4.74 Å². The summed E-state index contributed by atoms with van der Waals surface area (Å²) in [6, 6.07) is 14.7. The molecule has 0 fully saturated rings. The number of hydrogen-bond donors (Lipinski definition) is 1. The van der Waals surface area contributed by atoms with Crippen molar-refractivity contribution in [3.05, 3.63) is 59.2 Å². The molecular weight excluding hydrogens is 234 g/mol. The van der Waals surface area contributed by atoms with E-state index >= 15 is 0 Å². The third-order valence-corrected chi connectivity index (χ3v) is 2.91. The van der Waals surface area contributed by atoms with Gasteiger partial charge >= 0.3 is 0 Å². The maximum absolute atomic E-state index is 5.76. The Bertz CT molecular complexity index is 528. The van der Waals surface area contributed by atoms with Crippen LogP contribution in [0.1, 0.15) is 16.7 Å². The fraction of sp³-hybridized carbons (Fsp3) is 0.294. The standard InChI is InChI=1S/C17H21NO/c1-13-5-4-6-16(10-13)18-7-8-19-17-11-14(2)9-15(3)12-17/h4-6,9-12,18H,7-8H2,1-3H3. The first kappa shape index (κ1) is 13.5. The quantitative estimate of drug-likeness (QED) is 0.812. The molecule has 0 heterocycles. The molecule has 0 amide bonds. The Hall–Kier alpha value is -1.96. The summed E-state index contributed by atoms with van der Waals surface area (Å²) < 4.78 is 5.76. The Balaban J connectivity index is 1.80. The number of aryl methyl sites for hydroxylation is 3. The fourth-order valence-electron chi connectivity index (χ4n) is 2.14. The number of nitrogens with one attached hydrogen (secondary N) is 1. The van der Waals surface area contributed by atoms with Crippen molar-refractivity contribution in [1.29, 1.82) is 0 Å². The van der Waals surface area contributed by atoms with Gasteiger partial charge in [-0.25, -0.2) is 0 Å². The van der Waals surface area contributed by atoms with Crippen LogP contribution < -0.4 is 10.1 Å². The van der Waals surface area contributed by atoms with E-state index < -0.39 is 0 Å². The number of benzene rings is 2. The third-order valence-electron chi connectivity index (χ3n) is 2.91. The summed E-state index contributed by atoms with van der Waals surface area (Å²) >= 11 is 0. The van der Waals surface area contributed by atoms with Gasteiger partial charge in [-0.1, -0.05) is 18.2 Å². The van der Waals surface area contributed by atoms with Crippen LogP contribution in [0.4, 0.5) is 5.69 Å². The molecule has 0 saturated heterocycles. The summed E-state index contributed by atoms with van der Waals surface area (Å²) in [4.78, 5) is 0. The molecule has 1 N–H and O–H groups in total. The van der Waals surface area contributed by atoms with Crippen LogP contribution >= 0.6 is 0 Å². The molecule has 0 atom stereocenters. The predicted octanol–water partition coefficient (Wildman–Crippen LogP) is 4.10. The van der Waals surface area contributed by atoms with Gasteiger partial charge in [0, 0.05) is 12.2 Å². The van der Waals surface area contributed by atoms with Gasteiger partial charge in [-0.2, -0.15) is 0 Å². The van der Waals surface area contributed by atoms with Crippen molar-refractivity contribution in [1.82, 2.24) is 0 Å². The molecule has 2 aromatic carbocycles. The molecule has 0 radical (unpaired) electrons. The molecule has 0 aromatic heterocycles. The average molecular weight is 255 g/mol. The Kier molecular flexibility index (Phi) is 4.45. The van der Waals surface area contributed by atoms with Gasteiger partial charge < -0.3 is 10.1 Å². The minimum absolute atomic E-state index is 0.664. The summed E-state index contributed by atoms with van der Waals surface area (Å²) in [5.41, 5.74) is 4.88. The highest BCUT2D eigenvalue weighted by Crippen LogP contribution is 2.16. The van der Waals surface area contributed by atoms with Gasteiger partial charge in [-0.05, 0) is 61.7 Å². The molecular formula is C17H21NO. The minimum atomic E-state index is 0.664. The lowest BCUT2D eigenvalue weighted by Crippen LogP contribution is -2.11. The van der Waals surface area contributed by atoms with Gasteiger partial charge in [0.2, 0.25) is 0 Å². The van der Waals surface area contributed by atoms with Crippen LogP contribution in [0.25, 0.3) is 0 Å². The number of hydrogen-bond acceptors (Lipinski definition) is 2. The normalized spacial score (nSPS) is 10.3. The van der Waals surface area contributed by atoms with E-state index in [1.165, 1.54) is 16.7 Å². The first-order chi connectivity index (χ1) is 9.13. The van der Waals surface area contributed by atoms with Gasteiger partial charge in [0.1, 0.15) is 12.4 Å². The van der Waals surface area contributed by atoms with E-state index in [0.29, 0.717) is 6.61 Å². The zero-order valence-corrected chi connectivity index (χ0v) is 11.9. The molecule has 0 spiro atoms. The topological polar surface area (TPSA) is 21.3 Å². The summed E-state index contributed by atoms with van der Waals surface area (Å²) in [7, 11) is 0. The Morgan fingerprint density at radius 2 is 1.63 bits per heavy atom. The first-order valence-electron chi connectivity index (χ1n) is 6.65. The summed E-state index contributed by atoms with van der Waals surface area (Å²) in [6.07, 6.45) is 0. The average Bonchev–Trinajstić information content (AvgIpc) is 2.34. The highest BCUT2D eigenvalue weighted by Gasteiger charge is 1.97. The molecule has 0 unspecified atom stereocenters. The predicted molar refractivity (Wildman–Crippen MR) is 81.1 cm³/mol. The van der Waals surface area contributed by atoms with Crippen LogP contribution in [-0.2, 0) is 0 Å². The second kappa shape index (κ2) is 6.28. The highest BCUT2D eigenvalue weighted by atomic mass is 16.5. The Morgan fingerprint density at radius 3 is 2.32 bits per heavy atom. The van der Waals surface area contributed by atoms with Crippen molar-refractivity contribution in [2.75, 3.05) is 18.5 Å². The fourth-order valence-corrected chi connectivity index (χ4v) is 2.14. The van der Waals surface area contributed by atoms with Crippen molar-refractivity contribution in [2.45, 2.75) is 20.8 Å². The van der Waals surface area contributed by atoms with Crippen molar-refractivity contribution in [3.63, 3.8) is 0 Å². The lowest BCUT2D eigenvalue weighted by Gasteiger charge is -2.10. The molecule has 2 nitrogen and oxygen atoms in total. The van der Waals surface area contributed by atoms with Crippen molar-refractivity contribution in [2.24, 2.45) is 0 Å². The van der Waals surface area contributed by atoms with Crippen LogP contribution in [0, 0.1) is 20.8 Å². The van der Waals surface area contributed by atoms with E-state index in [0.717, 1.165) is 18.0 Å². The van der Waals surface area contributed by atoms with E-state index in [-0.39, 0.29) is 0 Å². The van der Waals surface area contributed by atoms with Crippen molar-refractivity contribution >= 4 is 5.69 Å². The molecule has 19 heavy (non-hydrogen) atoms. The molecule has 2 heteroatoms. The second-order valence-corrected chi connectivity index (χ2v) is 4.97. The molecule has 0 aliphatic rings. The summed E-state index contributed by atoms with van der Waals surface area (Å²) in [5, 5.41) is 3.36. The smallest absolute Gasteiger partial charge is 0.119 e. The highest BCUT2D eigenvalue weighted by molar-refractivity contribution is 5.45. The Morgan fingerprint density at radius 1 is 0.895 bits per heavy atom. The first-order valence-corrected chi connectivity index (χ1v) is 6.65. The monoisotopic (exact) mass is 255 g/mol. The molecule has 0 bridgehead atoms. The maximum atomic E-state index is 5.76. The number of ether oxygens (including phenoxy) is 1. The zero-order valence-electron chi connectivity index (χ0n) is 11.9. The van der Waals surface area contributed by atoms with Crippen LogP contribution in [0.5, 0.6) is 5.75 Å². The van der Waals surface area contributed by atoms with Crippen LogP contribution in [0.2, 0.25) is 0 Å². The van der Waals surface area contributed by atoms with Crippen LogP contribution in [0.15, 0.2) is 42.5 Å². The molecule has 100 valence electrons. The van der Waals surface area contributed by atoms with Gasteiger partial charge in [-0.15, -0.1) is 0 Å². The molecule has 0 aliphatic heterocycles. The Labute approximate surface area is 115 Å². The van der Waals surface area contributed by atoms with Crippen LogP contribution in [0.3, 0.4) is 0 Å². The summed E-state index contributed by atoms with van der Waals surface area (Å²) in [5.74, 6) is 0.948. The lowest BCUT2D eigenvalue weighted by atomic mass is 10.1. The summed E-state index contributed by atoms with van der Waals surface area (Å²) in [6.45, 7) is 7.74. The SMILES string of the molecule is Cc1cccc(NCCOc2cc(C)cc(C)c2)c1. The molecule has 0 aliphatic carbocycles. The van der Waals surface area contributed by atoms with Gasteiger partial charge in [0.25, 0.3) is 0 Å².